The van der Waals surface area contributed by atoms with Crippen molar-refractivity contribution in [2.45, 2.75) is 19.9 Å². The molecule has 0 unspecified atom stereocenters. The number of anilines is 2. The van der Waals surface area contributed by atoms with Gasteiger partial charge in [-0.1, -0.05) is 49.4 Å². The lowest BCUT2D eigenvalue weighted by Gasteiger charge is -2.05. The number of carboxylic acids is 1. The Labute approximate surface area is 189 Å². The maximum Gasteiger partial charge on any atom is 0.331 e. The van der Waals surface area contributed by atoms with Crippen LogP contribution in [0.1, 0.15) is 35.0 Å². The van der Waals surface area contributed by atoms with Gasteiger partial charge in [-0.15, -0.1) is 11.3 Å². The van der Waals surface area contributed by atoms with Crippen LogP contribution >= 0.6 is 11.3 Å². The van der Waals surface area contributed by atoms with E-state index in [1.165, 1.54) is 0 Å². The van der Waals surface area contributed by atoms with Crippen LogP contribution in [0.5, 0.6) is 0 Å². The highest BCUT2D eigenvalue weighted by Gasteiger charge is 2.13. The highest BCUT2D eigenvalue weighted by Crippen LogP contribution is 2.18. The van der Waals surface area contributed by atoms with Crippen LogP contribution in [0.2, 0.25) is 0 Å². The van der Waals surface area contributed by atoms with Gasteiger partial charge in [0, 0.05) is 23.2 Å². The average molecular weight is 451 g/mol. The molecule has 3 amide bonds. The van der Waals surface area contributed by atoms with E-state index in [0.29, 0.717) is 29.4 Å². The first kappa shape index (κ1) is 22.7. The molecule has 0 aliphatic carbocycles. The zero-order valence-electron chi connectivity index (χ0n) is 17.3. The van der Waals surface area contributed by atoms with Crippen LogP contribution in [0.15, 0.2) is 65.6 Å². The van der Waals surface area contributed by atoms with Crippen molar-refractivity contribution in [3.05, 3.63) is 82.4 Å². The summed E-state index contributed by atoms with van der Waals surface area (Å²) >= 11 is 1.15. The first-order valence-electron chi connectivity index (χ1n) is 9.84. The van der Waals surface area contributed by atoms with Crippen LogP contribution in [0.25, 0.3) is 6.08 Å². The summed E-state index contributed by atoms with van der Waals surface area (Å²) in [7, 11) is 0. The SMILES string of the molecule is CCC(=Cc1ccc(NC(=O)c2csc(NC(=O)NCc3ccccc3)n2)cc1)C(=O)O. The van der Waals surface area contributed by atoms with Gasteiger partial charge < -0.3 is 15.7 Å². The third-order valence-corrected chi connectivity index (χ3v) is 5.18. The molecular weight excluding hydrogens is 428 g/mol. The topological polar surface area (TPSA) is 120 Å². The molecule has 0 fully saturated rings. The van der Waals surface area contributed by atoms with Crippen LogP contribution < -0.4 is 16.0 Å². The Balaban J connectivity index is 1.54. The van der Waals surface area contributed by atoms with Crippen molar-refractivity contribution in [1.29, 1.82) is 0 Å². The molecule has 1 heterocycles. The summed E-state index contributed by atoms with van der Waals surface area (Å²) in [6.07, 6.45) is 2.01. The van der Waals surface area contributed by atoms with Gasteiger partial charge in [0.1, 0.15) is 5.69 Å². The van der Waals surface area contributed by atoms with E-state index in [2.05, 4.69) is 20.9 Å². The molecule has 0 saturated carbocycles. The van der Waals surface area contributed by atoms with Crippen molar-refractivity contribution in [3.8, 4) is 0 Å². The summed E-state index contributed by atoms with van der Waals surface area (Å²) in [4.78, 5) is 39.7. The van der Waals surface area contributed by atoms with Crippen LogP contribution in [0, 0.1) is 0 Å². The van der Waals surface area contributed by atoms with E-state index in [1.54, 1.807) is 42.6 Å². The Morgan fingerprint density at radius 1 is 1.03 bits per heavy atom. The molecule has 0 spiro atoms. The molecule has 0 aliphatic rings. The number of hydrogen-bond acceptors (Lipinski definition) is 5. The van der Waals surface area contributed by atoms with Crippen LogP contribution in [0.3, 0.4) is 0 Å². The van der Waals surface area contributed by atoms with Gasteiger partial charge in [0.05, 0.1) is 0 Å². The lowest BCUT2D eigenvalue weighted by atomic mass is 10.1. The minimum Gasteiger partial charge on any atom is -0.478 e. The Kier molecular flexibility index (Phi) is 7.71. The maximum absolute atomic E-state index is 12.4. The van der Waals surface area contributed by atoms with E-state index in [-0.39, 0.29) is 5.69 Å². The number of amides is 3. The number of urea groups is 1. The second-order valence-corrected chi connectivity index (χ2v) is 7.59. The number of carbonyl (C=O) groups excluding carboxylic acids is 2. The van der Waals surface area contributed by atoms with Gasteiger partial charge in [0.25, 0.3) is 5.91 Å². The van der Waals surface area contributed by atoms with Gasteiger partial charge in [0.2, 0.25) is 0 Å². The molecule has 0 saturated heterocycles. The lowest BCUT2D eigenvalue weighted by Crippen LogP contribution is -2.28. The van der Waals surface area contributed by atoms with Gasteiger partial charge in [-0.05, 0) is 35.8 Å². The molecule has 164 valence electrons. The van der Waals surface area contributed by atoms with E-state index in [9.17, 15) is 14.4 Å². The smallest absolute Gasteiger partial charge is 0.331 e. The van der Waals surface area contributed by atoms with E-state index < -0.39 is 17.9 Å². The first-order chi connectivity index (χ1) is 15.4. The molecule has 0 radical (unpaired) electrons. The largest absolute Gasteiger partial charge is 0.478 e. The number of aromatic nitrogens is 1. The van der Waals surface area contributed by atoms with Crippen molar-refractivity contribution in [2.24, 2.45) is 0 Å². The highest BCUT2D eigenvalue weighted by molar-refractivity contribution is 7.14. The maximum atomic E-state index is 12.4. The Morgan fingerprint density at radius 3 is 2.41 bits per heavy atom. The molecule has 8 nitrogen and oxygen atoms in total. The number of nitrogens with one attached hydrogen (secondary N) is 3. The van der Waals surface area contributed by atoms with E-state index in [4.69, 9.17) is 5.11 Å². The molecule has 32 heavy (non-hydrogen) atoms. The lowest BCUT2D eigenvalue weighted by molar-refractivity contribution is -0.132. The van der Waals surface area contributed by atoms with Crippen molar-refractivity contribution >= 4 is 46.1 Å². The number of rotatable bonds is 8. The van der Waals surface area contributed by atoms with Crippen LogP contribution in [-0.4, -0.2) is 28.0 Å². The molecule has 2 aromatic carbocycles. The van der Waals surface area contributed by atoms with Gasteiger partial charge in [-0.25, -0.2) is 14.6 Å². The number of carboxylic acid groups (broad SMARTS) is 1. The van der Waals surface area contributed by atoms with Gasteiger partial charge in [0.15, 0.2) is 5.13 Å². The molecule has 4 N–H and O–H groups in total. The summed E-state index contributed by atoms with van der Waals surface area (Å²) in [5, 5.41) is 19.0. The predicted molar refractivity (Wildman–Crippen MR) is 125 cm³/mol. The van der Waals surface area contributed by atoms with E-state index >= 15 is 0 Å². The number of nitrogens with zero attached hydrogens (tertiary/aromatic N) is 1. The second-order valence-electron chi connectivity index (χ2n) is 6.74. The highest BCUT2D eigenvalue weighted by atomic mass is 32.1. The minimum atomic E-state index is -0.952. The first-order valence-corrected chi connectivity index (χ1v) is 10.7. The third kappa shape index (κ3) is 6.51. The summed E-state index contributed by atoms with van der Waals surface area (Å²) in [5.74, 6) is -1.37. The summed E-state index contributed by atoms with van der Waals surface area (Å²) in [5.41, 5.74) is 2.72. The molecular formula is C23H22N4O4S. The van der Waals surface area contributed by atoms with Crippen LogP contribution in [-0.2, 0) is 11.3 Å². The summed E-state index contributed by atoms with van der Waals surface area (Å²) < 4.78 is 0. The molecule has 9 heteroatoms. The van der Waals surface area contributed by atoms with E-state index in [0.717, 1.165) is 22.5 Å². The normalized spacial score (nSPS) is 11.0. The number of thiazole rings is 1. The van der Waals surface area contributed by atoms with Gasteiger partial charge in [-0.2, -0.15) is 0 Å². The fraction of sp³-hybridized carbons (Fsp3) is 0.130. The molecule has 3 rings (SSSR count). The molecule has 3 aromatic rings. The zero-order chi connectivity index (χ0) is 22.9. The Hall–Kier alpha value is -3.98. The third-order valence-electron chi connectivity index (χ3n) is 4.42. The predicted octanol–water partition coefficient (Wildman–Crippen LogP) is 4.60. The molecule has 0 aliphatic heterocycles. The fourth-order valence-electron chi connectivity index (χ4n) is 2.73. The number of carbonyl (C=O) groups is 3. The molecule has 1 aromatic heterocycles. The van der Waals surface area contributed by atoms with Crippen molar-refractivity contribution in [2.75, 3.05) is 10.6 Å². The number of aliphatic carboxylic acids is 1. The molecule has 0 atom stereocenters. The second kappa shape index (κ2) is 10.9. The quantitative estimate of drug-likeness (QED) is 0.374. The monoisotopic (exact) mass is 450 g/mol. The van der Waals surface area contributed by atoms with Crippen LogP contribution in [0.4, 0.5) is 15.6 Å². The van der Waals surface area contributed by atoms with Crippen molar-refractivity contribution < 1.29 is 19.5 Å². The number of hydrogen-bond donors (Lipinski definition) is 4. The zero-order valence-corrected chi connectivity index (χ0v) is 18.1. The minimum absolute atomic E-state index is 0.177. The summed E-state index contributed by atoms with van der Waals surface area (Å²) in [6, 6.07) is 15.9. The van der Waals surface area contributed by atoms with Crippen molar-refractivity contribution in [1.82, 2.24) is 10.3 Å². The summed E-state index contributed by atoms with van der Waals surface area (Å²) in [6.45, 7) is 2.15. The fourth-order valence-corrected chi connectivity index (χ4v) is 3.41. The standard InChI is InChI=1S/C23H22N4O4S/c1-2-17(21(29)30)12-15-8-10-18(11-9-15)25-20(28)19-14-32-23(26-19)27-22(31)24-13-16-6-4-3-5-7-16/h3-12,14H,2,13H2,1H3,(H,25,28)(H,29,30)(H2,24,26,27,31). The number of benzene rings is 2. The van der Waals surface area contributed by atoms with Crippen molar-refractivity contribution in [3.63, 3.8) is 0 Å². The van der Waals surface area contributed by atoms with Gasteiger partial charge in [-0.3, -0.25) is 10.1 Å². The van der Waals surface area contributed by atoms with E-state index in [1.807, 2.05) is 30.3 Å². The molecule has 0 bridgehead atoms. The average Bonchev–Trinajstić information content (AvgIpc) is 3.26. The Bertz CT molecular complexity index is 1120. The Morgan fingerprint density at radius 2 is 1.75 bits per heavy atom. The van der Waals surface area contributed by atoms with Gasteiger partial charge >= 0.3 is 12.0 Å².